The second-order valence-electron chi connectivity index (χ2n) is 3.59. The molecular formula is C12H9BrClN3O. The molecule has 2 rings (SSSR count). The fourth-order valence-corrected chi connectivity index (χ4v) is 1.90. The Labute approximate surface area is 117 Å². The van der Waals surface area contributed by atoms with Crippen LogP contribution in [-0.2, 0) is 0 Å². The van der Waals surface area contributed by atoms with Crippen LogP contribution in [0.3, 0.4) is 0 Å². The highest BCUT2D eigenvalue weighted by Gasteiger charge is 2.09. The molecular weight excluding hydrogens is 318 g/mol. The minimum atomic E-state index is -0.295. The number of halogens is 2. The van der Waals surface area contributed by atoms with Gasteiger partial charge in [-0.1, -0.05) is 11.6 Å². The maximum atomic E-state index is 12.0. The van der Waals surface area contributed by atoms with Gasteiger partial charge in [0.25, 0.3) is 5.91 Å². The Morgan fingerprint density at radius 2 is 2.11 bits per heavy atom. The number of nitrogens with two attached hydrogens (primary N) is 1. The normalized spacial score (nSPS) is 10.1. The minimum Gasteiger partial charge on any atom is -0.399 e. The molecule has 92 valence electrons. The summed E-state index contributed by atoms with van der Waals surface area (Å²) in [6.45, 7) is 0. The van der Waals surface area contributed by atoms with Crippen LogP contribution in [0.5, 0.6) is 0 Å². The number of rotatable bonds is 2. The van der Waals surface area contributed by atoms with E-state index in [9.17, 15) is 4.79 Å². The van der Waals surface area contributed by atoms with Crippen molar-refractivity contribution in [3.8, 4) is 0 Å². The zero-order chi connectivity index (χ0) is 13.1. The van der Waals surface area contributed by atoms with Crippen LogP contribution in [0, 0.1) is 0 Å². The third-order valence-corrected chi connectivity index (χ3v) is 2.97. The monoisotopic (exact) mass is 325 g/mol. The van der Waals surface area contributed by atoms with Crippen LogP contribution >= 0.6 is 27.5 Å². The molecule has 0 aliphatic rings. The highest BCUT2D eigenvalue weighted by molar-refractivity contribution is 9.10. The largest absolute Gasteiger partial charge is 0.399 e. The van der Waals surface area contributed by atoms with E-state index in [-0.39, 0.29) is 5.91 Å². The van der Waals surface area contributed by atoms with E-state index in [0.29, 0.717) is 22.0 Å². The number of benzene rings is 1. The van der Waals surface area contributed by atoms with Crippen molar-refractivity contribution >= 4 is 44.8 Å². The van der Waals surface area contributed by atoms with Gasteiger partial charge in [0, 0.05) is 22.6 Å². The first-order valence-corrected chi connectivity index (χ1v) is 6.20. The number of hydrogen-bond acceptors (Lipinski definition) is 3. The first-order valence-electron chi connectivity index (χ1n) is 5.03. The molecule has 2 aromatic rings. The van der Waals surface area contributed by atoms with Gasteiger partial charge in [-0.05, 0) is 40.2 Å². The van der Waals surface area contributed by atoms with E-state index in [1.165, 1.54) is 6.20 Å². The van der Waals surface area contributed by atoms with Crippen LogP contribution in [0.25, 0.3) is 0 Å². The number of amides is 1. The van der Waals surface area contributed by atoms with Crippen LogP contribution in [0.2, 0.25) is 5.02 Å². The van der Waals surface area contributed by atoms with Crippen LogP contribution < -0.4 is 11.1 Å². The Morgan fingerprint density at radius 1 is 1.33 bits per heavy atom. The van der Waals surface area contributed by atoms with Crippen LogP contribution in [-0.4, -0.2) is 10.9 Å². The SMILES string of the molecule is Nc1ccc(Cl)c(NC(=O)c2cncc(Br)c2)c1. The first kappa shape index (κ1) is 12.9. The third-order valence-electron chi connectivity index (χ3n) is 2.21. The molecule has 1 aromatic heterocycles. The predicted octanol–water partition coefficient (Wildman–Crippen LogP) is 3.33. The molecule has 18 heavy (non-hydrogen) atoms. The quantitative estimate of drug-likeness (QED) is 0.832. The Balaban J connectivity index is 2.24. The van der Waals surface area contributed by atoms with Gasteiger partial charge in [-0.15, -0.1) is 0 Å². The number of carbonyl (C=O) groups excluding carboxylic acids is 1. The van der Waals surface area contributed by atoms with E-state index in [1.54, 1.807) is 30.5 Å². The summed E-state index contributed by atoms with van der Waals surface area (Å²) in [5, 5.41) is 3.11. The van der Waals surface area contributed by atoms with Gasteiger partial charge < -0.3 is 11.1 Å². The molecule has 0 aliphatic carbocycles. The summed E-state index contributed by atoms with van der Waals surface area (Å²) < 4.78 is 0.730. The van der Waals surface area contributed by atoms with E-state index in [0.717, 1.165) is 4.47 Å². The van der Waals surface area contributed by atoms with Gasteiger partial charge in [0.15, 0.2) is 0 Å². The number of pyridine rings is 1. The smallest absolute Gasteiger partial charge is 0.257 e. The molecule has 0 saturated carbocycles. The molecule has 4 nitrogen and oxygen atoms in total. The summed E-state index contributed by atoms with van der Waals surface area (Å²) in [6, 6.07) is 6.57. The van der Waals surface area contributed by atoms with Crippen molar-refractivity contribution in [2.45, 2.75) is 0 Å². The van der Waals surface area contributed by atoms with Crippen LogP contribution in [0.1, 0.15) is 10.4 Å². The van der Waals surface area contributed by atoms with E-state index in [2.05, 4.69) is 26.2 Å². The van der Waals surface area contributed by atoms with Crippen molar-refractivity contribution in [1.29, 1.82) is 0 Å². The lowest BCUT2D eigenvalue weighted by atomic mass is 10.2. The maximum absolute atomic E-state index is 12.0. The Hall–Kier alpha value is -1.59. The lowest BCUT2D eigenvalue weighted by molar-refractivity contribution is 0.102. The van der Waals surface area contributed by atoms with Crippen molar-refractivity contribution < 1.29 is 4.79 Å². The molecule has 0 atom stereocenters. The van der Waals surface area contributed by atoms with Crippen LogP contribution in [0.15, 0.2) is 41.1 Å². The van der Waals surface area contributed by atoms with Gasteiger partial charge in [0.1, 0.15) is 0 Å². The summed E-state index contributed by atoms with van der Waals surface area (Å²) in [6.07, 6.45) is 3.07. The summed E-state index contributed by atoms with van der Waals surface area (Å²) in [4.78, 5) is 15.9. The van der Waals surface area contributed by atoms with Crippen molar-refractivity contribution in [3.05, 3.63) is 51.7 Å². The Bertz CT molecular complexity index is 604. The second-order valence-corrected chi connectivity index (χ2v) is 4.91. The number of anilines is 2. The number of nitrogen functional groups attached to an aromatic ring is 1. The standard InChI is InChI=1S/C12H9BrClN3O/c13-8-3-7(5-16-6-8)12(18)17-11-4-9(15)1-2-10(11)14/h1-6H,15H2,(H,17,18). The van der Waals surface area contributed by atoms with Crippen molar-refractivity contribution in [2.75, 3.05) is 11.1 Å². The molecule has 0 unspecified atom stereocenters. The summed E-state index contributed by atoms with van der Waals surface area (Å²) in [5.74, 6) is -0.295. The fourth-order valence-electron chi connectivity index (χ4n) is 1.37. The highest BCUT2D eigenvalue weighted by Crippen LogP contribution is 2.24. The average Bonchev–Trinajstić information content (AvgIpc) is 2.34. The number of aromatic nitrogens is 1. The van der Waals surface area contributed by atoms with E-state index in [1.807, 2.05) is 0 Å². The van der Waals surface area contributed by atoms with Gasteiger partial charge in [-0.25, -0.2) is 0 Å². The minimum absolute atomic E-state index is 0.295. The van der Waals surface area contributed by atoms with Gasteiger partial charge in [0.05, 0.1) is 16.3 Å². The molecule has 1 heterocycles. The molecule has 0 saturated heterocycles. The molecule has 0 aliphatic heterocycles. The predicted molar refractivity (Wildman–Crippen MR) is 75.8 cm³/mol. The van der Waals surface area contributed by atoms with E-state index < -0.39 is 0 Å². The first-order chi connectivity index (χ1) is 8.56. The number of carbonyl (C=O) groups is 1. The number of nitrogens with zero attached hydrogens (tertiary/aromatic N) is 1. The molecule has 1 amide bonds. The third kappa shape index (κ3) is 3.00. The zero-order valence-electron chi connectivity index (χ0n) is 9.15. The molecule has 0 fully saturated rings. The van der Waals surface area contributed by atoms with Gasteiger partial charge in [-0.3, -0.25) is 9.78 Å². The van der Waals surface area contributed by atoms with Gasteiger partial charge in [-0.2, -0.15) is 0 Å². The number of hydrogen-bond donors (Lipinski definition) is 2. The molecule has 0 radical (unpaired) electrons. The second kappa shape index (κ2) is 5.37. The molecule has 0 bridgehead atoms. The van der Waals surface area contributed by atoms with Crippen molar-refractivity contribution in [3.63, 3.8) is 0 Å². The summed E-state index contributed by atoms with van der Waals surface area (Å²) >= 11 is 9.22. The highest BCUT2D eigenvalue weighted by atomic mass is 79.9. The maximum Gasteiger partial charge on any atom is 0.257 e. The van der Waals surface area contributed by atoms with E-state index in [4.69, 9.17) is 17.3 Å². The molecule has 6 heteroatoms. The molecule has 1 aromatic carbocycles. The topological polar surface area (TPSA) is 68.0 Å². The molecule has 3 N–H and O–H groups in total. The van der Waals surface area contributed by atoms with E-state index >= 15 is 0 Å². The average molecular weight is 327 g/mol. The van der Waals surface area contributed by atoms with Gasteiger partial charge in [0.2, 0.25) is 0 Å². The zero-order valence-corrected chi connectivity index (χ0v) is 11.5. The summed E-state index contributed by atoms with van der Waals surface area (Å²) in [5.41, 5.74) is 7.07. The lowest BCUT2D eigenvalue weighted by Crippen LogP contribution is -2.12. The van der Waals surface area contributed by atoms with Crippen molar-refractivity contribution in [2.24, 2.45) is 0 Å². The van der Waals surface area contributed by atoms with Crippen molar-refractivity contribution in [1.82, 2.24) is 4.98 Å². The number of nitrogens with one attached hydrogen (secondary N) is 1. The molecule has 0 spiro atoms. The lowest BCUT2D eigenvalue weighted by Gasteiger charge is -2.08. The Kier molecular flexibility index (Phi) is 3.84. The Morgan fingerprint density at radius 3 is 2.83 bits per heavy atom. The summed E-state index contributed by atoms with van der Waals surface area (Å²) in [7, 11) is 0. The van der Waals surface area contributed by atoms with Crippen LogP contribution in [0.4, 0.5) is 11.4 Å². The van der Waals surface area contributed by atoms with Gasteiger partial charge >= 0.3 is 0 Å². The fraction of sp³-hybridized carbons (Fsp3) is 0.